The zero-order valence-corrected chi connectivity index (χ0v) is 8.65. The normalized spacial score (nSPS) is 10.1. The van der Waals surface area contributed by atoms with Crippen molar-refractivity contribution >= 4 is 17.5 Å². The highest BCUT2D eigenvalue weighted by molar-refractivity contribution is 7.03. The lowest BCUT2D eigenvalue weighted by Crippen LogP contribution is -2.36. The first kappa shape index (κ1) is 9.79. The van der Waals surface area contributed by atoms with Gasteiger partial charge in [-0.3, -0.25) is 0 Å². The van der Waals surface area contributed by atoms with Crippen molar-refractivity contribution in [1.82, 2.24) is 4.37 Å². The zero-order valence-electron chi connectivity index (χ0n) is 7.83. The molecule has 5 heteroatoms. The molecule has 2 heterocycles. The summed E-state index contributed by atoms with van der Waals surface area (Å²) >= 11 is 1.40. The van der Waals surface area contributed by atoms with E-state index in [9.17, 15) is 4.79 Å². The summed E-state index contributed by atoms with van der Waals surface area (Å²) in [4.78, 5) is 10.5. The molecular weight excluding hydrogens is 212 g/mol. The number of carboxylic acid groups (broad SMARTS) is 1. The topological polar surface area (TPSA) is 54.1 Å². The molecule has 0 aliphatic heterocycles. The van der Waals surface area contributed by atoms with Crippen LogP contribution in [0.5, 0.6) is 0 Å². The molecule has 0 atom stereocenters. The molecule has 0 amide bonds. The molecule has 2 aromatic heterocycles. The van der Waals surface area contributed by atoms with Crippen LogP contribution in [0.4, 0.5) is 0 Å². The average Bonchev–Trinajstić information content (AvgIpc) is 2.71. The standard InChI is InChI=1S/C10H8N2O2S/c13-10(14)7-12-4-1-8(2-5-12)9-3-6-15-11-9/h1-6H,7H2/p+1. The third-order valence-corrected chi connectivity index (χ3v) is 2.50. The maximum absolute atomic E-state index is 10.5. The van der Waals surface area contributed by atoms with Crippen molar-refractivity contribution in [3.63, 3.8) is 0 Å². The van der Waals surface area contributed by atoms with Gasteiger partial charge in [0.25, 0.3) is 0 Å². The Morgan fingerprint density at radius 1 is 1.40 bits per heavy atom. The van der Waals surface area contributed by atoms with E-state index in [2.05, 4.69) is 4.37 Å². The van der Waals surface area contributed by atoms with E-state index >= 15 is 0 Å². The fraction of sp³-hybridized carbons (Fsp3) is 0.100. The number of nitrogens with zero attached hydrogens (tertiary/aromatic N) is 2. The van der Waals surface area contributed by atoms with E-state index < -0.39 is 5.97 Å². The Balaban J connectivity index is 2.21. The predicted octanol–water partition coefficient (Wildman–Crippen LogP) is 1.18. The summed E-state index contributed by atoms with van der Waals surface area (Å²) in [6.45, 7) is -0.0165. The third-order valence-electron chi connectivity index (χ3n) is 1.94. The Bertz CT molecular complexity index is 451. The lowest BCUT2D eigenvalue weighted by atomic mass is 10.2. The summed E-state index contributed by atoms with van der Waals surface area (Å²) in [6, 6.07) is 5.65. The maximum atomic E-state index is 10.5. The first-order valence-corrected chi connectivity index (χ1v) is 5.21. The van der Waals surface area contributed by atoms with Crippen molar-refractivity contribution in [3.8, 4) is 11.3 Å². The van der Waals surface area contributed by atoms with Crippen molar-refractivity contribution in [2.75, 3.05) is 0 Å². The van der Waals surface area contributed by atoms with Crippen molar-refractivity contribution in [1.29, 1.82) is 0 Å². The van der Waals surface area contributed by atoms with Gasteiger partial charge < -0.3 is 5.11 Å². The minimum atomic E-state index is -0.846. The predicted molar refractivity (Wildman–Crippen MR) is 55.4 cm³/mol. The van der Waals surface area contributed by atoms with Gasteiger partial charge in [0.05, 0.1) is 5.69 Å². The van der Waals surface area contributed by atoms with Crippen LogP contribution in [0.3, 0.4) is 0 Å². The van der Waals surface area contributed by atoms with Crippen LogP contribution >= 0.6 is 11.5 Å². The average molecular weight is 221 g/mol. The van der Waals surface area contributed by atoms with Crippen LogP contribution in [-0.2, 0) is 11.3 Å². The van der Waals surface area contributed by atoms with Crippen molar-refractivity contribution in [3.05, 3.63) is 36.0 Å². The summed E-state index contributed by atoms with van der Waals surface area (Å²) in [6.07, 6.45) is 3.48. The number of hydrogen-bond acceptors (Lipinski definition) is 3. The molecule has 2 rings (SSSR count). The Hall–Kier alpha value is -1.75. The van der Waals surface area contributed by atoms with Gasteiger partial charge in [-0.25, -0.2) is 4.79 Å². The quantitative estimate of drug-likeness (QED) is 0.792. The summed E-state index contributed by atoms with van der Waals surface area (Å²) in [5, 5.41) is 10.5. The SMILES string of the molecule is O=C(O)C[n+]1ccc(-c2ccsn2)cc1. The number of pyridine rings is 1. The number of carbonyl (C=O) groups is 1. The van der Waals surface area contributed by atoms with E-state index in [0.717, 1.165) is 11.3 Å². The second-order valence-corrected chi connectivity index (χ2v) is 3.70. The molecule has 0 saturated carbocycles. The number of hydrogen-bond donors (Lipinski definition) is 1. The Labute approximate surface area is 90.6 Å². The minimum absolute atomic E-state index is 0.0165. The summed E-state index contributed by atoms with van der Waals surface area (Å²) in [5.74, 6) is -0.846. The molecule has 0 aliphatic rings. The molecular formula is C10H9N2O2S+. The lowest BCUT2D eigenvalue weighted by molar-refractivity contribution is -0.685. The monoisotopic (exact) mass is 221 g/mol. The van der Waals surface area contributed by atoms with Crippen molar-refractivity contribution in [2.45, 2.75) is 6.54 Å². The summed E-state index contributed by atoms with van der Waals surface area (Å²) < 4.78 is 5.80. The molecule has 0 spiro atoms. The van der Waals surface area contributed by atoms with Gasteiger partial charge >= 0.3 is 5.97 Å². The number of rotatable bonds is 3. The fourth-order valence-corrected chi connectivity index (χ4v) is 1.78. The number of aromatic nitrogens is 2. The van der Waals surface area contributed by atoms with E-state index in [-0.39, 0.29) is 6.54 Å². The van der Waals surface area contributed by atoms with Gasteiger partial charge in [0.2, 0.25) is 6.54 Å². The summed E-state index contributed by atoms with van der Waals surface area (Å²) in [5.41, 5.74) is 1.92. The largest absolute Gasteiger partial charge is 0.477 e. The van der Waals surface area contributed by atoms with E-state index in [1.165, 1.54) is 11.5 Å². The van der Waals surface area contributed by atoms with Crippen LogP contribution in [0.2, 0.25) is 0 Å². The van der Waals surface area contributed by atoms with Crippen molar-refractivity contribution < 1.29 is 14.5 Å². The van der Waals surface area contributed by atoms with Crippen LogP contribution < -0.4 is 4.57 Å². The molecule has 0 unspecified atom stereocenters. The van der Waals surface area contributed by atoms with Crippen LogP contribution in [-0.4, -0.2) is 15.4 Å². The number of carboxylic acids is 1. The molecule has 0 fully saturated rings. The second-order valence-electron chi connectivity index (χ2n) is 3.04. The smallest absolute Gasteiger partial charge is 0.370 e. The van der Waals surface area contributed by atoms with E-state index in [4.69, 9.17) is 5.11 Å². The molecule has 0 bridgehead atoms. The van der Waals surface area contributed by atoms with Crippen LogP contribution in [0, 0.1) is 0 Å². The number of aliphatic carboxylic acids is 1. The molecule has 2 aromatic rings. The molecule has 1 N–H and O–H groups in total. The van der Waals surface area contributed by atoms with Gasteiger partial charge in [-0.05, 0) is 17.6 Å². The molecule has 15 heavy (non-hydrogen) atoms. The fourth-order valence-electron chi connectivity index (χ4n) is 1.25. The third kappa shape index (κ3) is 2.38. The highest BCUT2D eigenvalue weighted by atomic mass is 32.1. The summed E-state index contributed by atoms with van der Waals surface area (Å²) in [7, 11) is 0. The van der Waals surface area contributed by atoms with Gasteiger partial charge in [0, 0.05) is 23.1 Å². The van der Waals surface area contributed by atoms with Crippen LogP contribution in [0.15, 0.2) is 36.0 Å². The lowest BCUT2D eigenvalue weighted by Gasteiger charge is -1.95. The van der Waals surface area contributed by atoms with Crippen LogP contribution in [0.25, 0.3) is 11.3 Å². The van der Waals surface area contributed by atoms with Gasteiger partial charge in [-0.1, -0.05) is 0 Å². The molecule has 0 aliphatic carbocycles. The molecule has 4 nitrogen and oxygen atoms in total. The Morgan fingerprint density at radius 2 is 2.13 bits per heavy atom. The van der Waals surface area contributed by atoms with E-state index in [1.54, 1.807) is 17.0 Å². The van der Waals surface area contributed by atoms with Crippen molar-refractivity contribution in [2.24, 2.45) is 0 Å². The highest BCUT2D eigenvalue weighted by Crippen LogP contribution is 2.16. The van der Waals surface area contributed by atoms with Crippen LogP contribution in [0.1, 0.15) is 0 Å². The van der Waals surface area contributed by atoms with Gasteiger partial charge in [-0.15, -0.1) is 0 Å². The molecule has 0 aromatic carbocycles. The molecule has 76 valence electrons. The minimum Gasteiger partial charge on any atom is -0.477 e. The second kappa shape index (κ2) is 4.18. The highest BCUT2D eigenvalue weighted by Gasteiger charge is 2.07. The first-order chi connectivity index (χ1) is 7.25. The van der Waals surface area contributed by atoms with Gasteiger partial charge in [-0.2, -0.15) is 8.94 Å². The molecule has 0 saturated heterocycles. The van der Waals surface area contributed by atoms with E-state index in [0.29, 0.717) is 0 Å². The van der Waals surface area contributed by atoms with Gasteiger partial charge in [0.1, 0.15) is 0 Å². The first-order valence-electron chi connectivity index (χ1n) is 4.37. The Kier molecular flexibility index (Phi) is 2.73. The van der Waals surface area contributed by atoms with Gasteiger partial charge in [0.15, 0.2) is 12.4 Å². The van der Waals surface area contributed by atoms with E-state index in [1.807, 2.05) is 23.6 Å². The zero-order chi connectivity index (χ0) is 10.7. The molecule has 0 radical (unpaired) electrons. The maximum Gasteiger partial charge on any atom is 0.370 e. The Morgan fingerprint density at radius 3 is 2.67 bits per heavy atom.